The Kier molecular flexibility index (Phi) is 5.43. The van der Waals surface area contributed by atoms with E-state index in [1.807, 2.05) is 0 Å². The van der Waals surface area contributed by atoms with Gasteiger partial charge >= 0.3 is 0 Å². The Balaban J connectivity index is 1.44. The van der Waals surface area contributed by atoms with Crippen LogP contribution in [0.25, 0.3) is 22.8 Å². The van der Waals surface area contributed by atoms with Crippen molar-refractivity contribution in [3.05, 3.63) is 77.2 Å². The third-order valence-electron chi connectivity index (χ3n) is 8.16. The van der Waals surface area contributed by atoms with Crippen molar-refractivity contribution in [3.8, 4) is 22.8 Å². The van der Waals surface area contributed by atoms with Crippen LogP contribution in [0.4, 0.5) is 8.78 Å². The molecule has 0 saturated heterocycles. The van der Waals surface area contributed by atoms with Gasteiger partial charge in [0.2, 0.25) is 5.89 Å². The molecule has 2 N–H and O–H groups in total. The van der Waals surface area contributed by atoms with Gasteiger partial charge in [0.05, 0.1) is 34.3 Å². The summed E-state index contributed by atoms with van der Waals surface area (Å²) in [4.78, 5) is 13.6. The maximum atomic E-state index is 14.5. The third kappa shape index (κ3) is 3.35. The topological polar surface area (TPSA) is 118 Å². The van der Waals surface area contributed by atoms with Crippen molar-refractivity contribution < 1.29 is 23.4 Å². The molecule has 0 aliphatic heterocycles. The van der Waals surface area contributed by atoms with Gasteiger partial charge in [-0.15, -0.1) is 5.10 Å². The molecule has 1 aromatic carbocycles. The number of oxazole rings is 1. The van der Waals surface area contributed by atoms with E-state index < -0.39 is 23.2 Å². The zero-order valence-corrected chi connectivity index (χ0v) is 20.3. The van der Waals surface area contributed by atoms with E-state index in [1.54, 1.807) is 18.5 Å². The zero-order valence-electron chi connectivity index (χ0n) is 20.3. The van der Waals surface area contributed by atoms with Crippen LogP contribution < -0.4 is 0 Å². The molecule has 10 heteroatoms. The number of hydrogen-bond donors (Lipinski definition) is 2. The molecule has 0 radical (unpaired) electrons. The summed E-state index contributed by atoms with van der Waals surface area (Å²) in [5.41, 5.74) is 2.11. The van der Waals surface area contributed by atoms with Crippen LogP contribution in [0.5, 0.6) is 0 Å². The number of nitrogens with zero attached hydrogens (tertiary/aromatic N) is 5. The monoisotopic (exact) mass is 505 g/mol. The van der Waals surface area contributed by atoms with Gasteiger partial charge in [-0.3, -0.25) is 4.98 Å². The summed E-state index contributed by atoms with van der Waals surface area (Å²) in [5.74, 6) is -1.06. The lowest BCUT2D eigenvalue weighted by atomic mass is 9.66. The van der Waals surface area contributed by atoms with Crippen molar-refractivity contribution in [1.82, 2.24) is 25.1 Å². The average molecular weight is 506 g/mol. The van der Waals surface area contributed by atoms with E-state index in [9.17, 15) is 13.9 Å². The van der Waals surface area contributed by atoms with Crippen molar-refractivity contribution >= 4 is 0 Å². The highest BCUT2D eigenvalue weighted by atomic mass is 19.1. The molecule has 0 amide bonds. The van der Waals surface area contributed by atoms with Gasteiger partial charge in [0.1, 0.15) is 35.4 Å². The summed E-state index contributed by atoms with van der Waals surface area (Å²) in [6.45, 7) is 4.13. The Morgan fingerprint density at radius 1 is 1.11 bits per heavy atom. The fourth-order valence-electron chi connectivity index (χ4n) is 6.26. The number of aromatic nitrogens is 5. The molecule has 190 valence electrons. The van der Waals surface area contributed by atoms with Crippen molar-refractivity contribution in [3.63, 3.8) is 0 Å². The first kappa shape index (κ1) is 23.7. The van der Waals surface area contributed by atoms with Crippen LogP contribution in [0, 0.1) is 17.0 Å². The van der Waals surface area contributed by atoms with Crippen molar-refractivity contribution in [2.45, 2.75) is 50.5 Å². The highest BCUT2D eigenvalue weighted by Gasteiger charge is 2.65. The molecular weight excluding hydrogens is 480 g/mol. The highest BCUT2D eigenvalue weighted by Crippen LogP contribution is 2.69. The number of hydrogen-bond acceptors (Lipinski definition) is 8. The van der Waals surface area contributed by atoms with E-state index in [0.29, 0.717) is 17.1 Å². The molecular formula is C27H25F2N5O3. The molecule has 6 rings (SSSR count). The molecule has 1 fully saturated rings. The molecule has 37 heavy (non-hydrogen) atoms. The highest BCUT2D eigenvalue weighted by molar-refractivity contribution is 5.64. The van der Waals surface area contributed by atoms with Gasteiger partial charge in [-0.2, -0.15) is 5.10 Å². The maximum Gasteiger partial charge on any atom is 0.247 e. The van der Waals surface area contributed by atoms with Crippen LogP contribution in [0.15, 0.2) is 47.3 Å². The second-order valence-electron chi connectivity index (χ2n) is 10.2. The molecule has 3 heterocycles. The second kappa shape index (κ2) is 8.46. The van der Waals surface area contributed by atoms with E-state index in [2.05, 4.69) is 34.0 Å². The minimum absolute atomic E-state index is 0.0963. The molecule has 0 spiro atoms. The van der Waals surface area contributed by atoms with Gasteiger partial charge in [-0.05, 0) is 47.9 Å². The van der Waals surface area contributed by atoms with Gasteiger partial charge in [0, 0.05) is 19.2 Å². The number of aliphatic hydroxyl groups excluding tert-OH is 2. The molecule has 3 aromatic heterocycles. The minimum atomic E-state index is -0.947. The summed E-state index contributed by atoms with van der Waals surface area (Å²) >= 11 is 0. The quantitative estimate of drug-likeness (QED) is 0.394. The van der Waals surface area contributed by atoms with Crippen molar-refractivity contribution in [2.75, 3.05) is 6.61 Å². The Labute approximate surface area is 211 Å². The van der Waals surface area contributed by atoms with Crippen LogP contribution in [-0.4, -0.2) is 42.0 Å². The maximum absolute atomic E-state index is 14.5. The van der Waals surface area contributed by atoms with Crippen LogP contribution in [0.2, 0.25) is 0 Å². The van der Waals surface area contributed by atoms with E-state index in [-0.39, 0.29) is 41.5 Å². The lowest BCUT2D eigenvalue weighted by Gasteiger charge is -2.37. The van der Waals surface area contributed by atoms with Crippen LogP contribution >= 0.6 is 0 Å². The van der Waals surface area contributed by atoms with Crippen molar-refractivity contribution in [1.29, 1.82) is 0 Å². The number of benzene rings is 1. The smallest absolute Gasteiger partial charge is 0.247 e. The normalized spacial score (nSPS) is 22.3. The molecule has 4 aromatic rings. The van der Waals surface area contributed by atoms with Crippen molar-refractivity contribution in [2.24, 2.45) is 5.41 Å². The summed E-state index contributed by atoms with van der Waals surface area (Å²) in [6, 6.07) is 5.51. The molecule has 1 saturated carbocycles. The van der Waals surface area contributed by atoms with Gasteiger partial charge in [0.15, 0.2) is 0 Å². The first-order valence-electron chi connectivity index (χ1n) is 12.2. The third-order valence-corrected chi connectivity index (χ3v) is 8.16. The first-order chi connectivity index (χ1) is 17.8. The van der Waals surface area contributed by atoms with Gasteiger partial charge < -0.3 is 14.6 Å². The van der Waals surface area contributed by atoms with E-state index in [4.69, 9.17) is 14.5 Å². The fraction of sp³-hybridized carbons (Fsp3) is 0.370. The summed E-state index contributed by atoms with van der Waals surface area (Å²) in [6.07, 6.45) is 5.41. The predicted molar refractivity (Wildman–Crippen MR) is 128 cm³/mol. The number of fused-ring (bicyclic) bond motifs is 5. The summed E-state index contributed by atoms with van der Waals surface area (Å²) < 4.78 is 34.6. The van der Waals surface area contributed by atoms with Crippen LogP contribution in [0.1, 0.15) is 67.8 Å². The first-order valence-corrected chi connectivity index (χ1v) is 12.2. The lowest BCUT2D eigenvalue weighted by Crippen LogP contribution is -2.38. The minimum Gasteiger partial charge on any atom is -0.443 e. The van der Waals surface area contributed by atoms with E-state index in [1.165, 1.54) is 24.5 Å². The lowest BCUT2D eigenvalue weighted by molar-refractivity contribution is 0.130. The second-order valence-corrected chi connectivity index (χ2v) is 10.2. The Bertz CT molecular complexity index is 1490. The van der Waals surface area contributed by atoms with Crippen LogP contribution in [0.3, 0.4) is 0 Å². The molecule has 2 bridgehead atoms. The predicted octanol–water partition coefficient (Wildman–Crippen LogP) is 4.49. The molecule has 1 unspecified atom stereocenters. The number of aliphatic hydroxyl groups is 2. The number of halogens is 2. The zero-order chi connectivity index (χ0) is 25.9. The Morgan fingerprint density at radius 3 is 2.65 bits per heavy atom. The molecule has 2 aliphatic carbocycles. The number of rotatable bonds is 6. The Morgan fingerprint density at radius 2 is 1.89 bits per heavy atom. The van der Waals surface area contributed by atoms with Gasteiger partial charge in [-0.1, -0.05) is 19.9 Å². The fourth-order valence-corrected chi connectivity index (χ4v) is 6.26. The summed E-state index contributed by atoms with van der Waals surface area (Å²) in [5, 5.41) is 28.0. The van der Waals surface area contributed by atoms with Gasteiger partial charge in [0.25, 0.3) is 0 Å². The van der Waals surface area contributed by atoms with E-state index in [0.717, 1.165) is 24.1 Å². The molecule has 2 aliphatic rings. The Hall–Kier alpha value is -3.63. The largest absolute Gasteiger partial charge is 0.443 e. The van der Waals surface area contributed by atoms with Crippen LogP contribution in [-0.2, 0) is 5.41 Å². The van der Waals surface area contributed by atoms with Gasteiger partial charge in [-0.25, -0.2) is 18.7 Å². The summed E-state index contributed by atoms with van der Waals surface area (Å²) in [7, 11) is 0. The molecule has 8 nitrogen and oxygen atoms in total. The van der Waals surface area contributed by atoms with E-state index >= 15 is 0 Å². The average Bonchev–Trinajstić information content (AvgIpc) is 3.53. The SMILES string of the molecule is CC1(C)[C@H]2CC[C@@]1(c1cncc(-c3nc(C(O)CCO)co3)n1)c1nnc(-c3c(F)cccc3F)cc12. The molecule has 3 atom stereocenters. The standard InChI is InChI=1S/C27H25F2N5O3/c1-26(2)15-6-8-27(26,24-14(15)10-18(33-34-24)23-16(28)4-3-5-17(23)29)22-12-30-11-19(31-22)25-32-20(13-37-25)21(36)7-9-35/h3-5,10-13,15,21,35-36H,6-9H2,1-2H3/t15-,21?,27+/m0/s1.